The lowest BCUT2D eigenvalue weighted by atomic mass is 10.1. The Bertz CT molecular complexity index is 985. The first-order valence-electron chi connectivity index (χ1n) is 8.72. The summed E-state index contributed by atoms with van der Waals surface area (Å²) in [4.78, 5) is 28.7. The Morgan fingerprint density at radius 3 is 2.68 bits per heavy atom. The zero-order valence-corrected chi connectivity index (χ0v) is 16.2. The number of aryl methyl sites for hydroxylation is 1. The molecule has 1 atom stereocenters. The molecule has 0 fully saturated rings. The Balaban J connectivity index is 1.62. The van der Waals surface area contributed by atoms with Crippen LogP contribution in [0.3, 0.4) is 0 Å². The van der Waals surface area contributed by atoms with E-state index in [1.165, 1.54) is 42.2 Å². The Hall–Kier alpha value is -3.26. The summed E-state index contributed by atoms with van der Waals surface area (Å²) >= 11 is 1.28. The Labute approximate surface area is 166 Å². The fourth-order valence-electron chi connectivity index (χ4n) is 2.44. The Morgan fingerprint density at radius 2 is 2.00 bits per heavy atom. The average molecular weight is 397 g/mol. The smallest absolute Gasteiger partial charge is 0.405 e. The third-order valence-electron chi connectivity index (χ3n) is 4.08. The van der Waals surface area contributed by atoms with Crippen LogP contribution in [0.5, 0.6) is 0 Å². The summed E-state index contributed by atoms with van der Waals surface area (Å²) in [7, 11) is 0. The molecule has 0 aliphatic heterocycles. The first-order chi connectivity index (χ1) is 13.5. The van der Waals surface area contributed by atoms with Gasteiger partial charge in [-0.1, -0.05) is 31.2 Å². The standard InChI is InChI=1S/C20H19N3O4S/c1-3-14-7-9-15(10-8-14)16-12-28-20(21-16)22-18(24)13(2)27-19(25)17-6-4-5-11-23(17)26/h4-13H,3H2,1-2H3,(H,21,22,24)/t13-/m1/s1. The van der Waals surface area contributed by atoms with E-state index in [4.69, 9.17) is 4.74 Å². The van der Waals surface area contributed by atoms with Crippen LogP contribution in [0.15, 0.2) is 54.0 Å². The number of ether oxygens (including phenoxy) is 1. The van der Waals surface area contributed by atoms with Gasteiger partial charge in [0.1, 0.15) is 0 Å². The van der Waals surface area contributed by atoms with Crippen LogP contribution in [0.4, 0.5) is 5.13 Å². The summed E-state index contributed by atoms with van der Waals surface area (Å²) < 4.78 is 5.47. The third kappa shape index (κ3) is 4.52. The molecule has 2 heterocycles. The number of nitrogens with zero attached hydrogens (tertiary/aromatic N) is 2. The maximum Gasteiger partial charge on any atom is 0.405 e. The second-order valence-corrected chi connectivity index (χ2v) is 6.89. The number of esters is 1. The van der Waals surface area contributed by atoms with E-state index in [9.17, 15) is 14.8 Å². The van der Waals surface area contributed by atoms with Gasteiger partial charge in [-0.2, -0.15) is 4.73 Å². The normalized spacial score (nSPS) is 11.6. The number of hydrogen-bond acceptors (Lipinski definition) is 6. The van der Waals surface area contributed by atoms with Gasteiger partial charge < -0.3 is 9.94 Å². The number of anilines is 1. The molecule has 0 saturated heterocycles. The van der Waals surface area contributed by atoms with Crippen molar-refractivity contribution in [1.82, 2.24) is 4.98 Å². The van der Waals surface area contributed by atoms with Crippen molar-refractivity contribution in [2.24, 2.45) is 0 Å². The lowest BCUT2D eigenvalue weighted by Gasteiger charge is -2.11. The molecule has 7 nitrogen and oxygen atoms in total. The van der Waals surface area contributed by atoms with Crippen molar-refractivity contribution in [1.29, 1.82) is 0 Å². The molecule has 1 amide bonds. The molecule has 8 heteroatoms. The predicted molar refractivity (Wildman–Crippen MR) is 106 cm³/mol. The highest BCUT2D eigenvalue weighted by molar-refractivity contribution is 7.14. The number of amides is 1. The lowest BCUT2D eigenvalue weighted by Crippen LogP contribution is -2.37. The van der Waals surface area contributed by atoms with Crippen LogP contribution in [0, 0.1) is 5.21 Å². The van der Waals surface area contributed by atoms with Crippen molar-refractivity contribution in [2.45, 2.75) is 26.4 Å². The van der Waals surface area contributed by atoms with E-state index in [1.807, 2.05) is 29.6 Å². The van der Waals surface area contributed by atoms with Gasteiger partial charge >= 0.3 is 11.7 Å². The zero-order valence-electron chi connectivity index (χ0n) is 15.4. The van der Waals surface area contributed by atoms with Crippen molar-refractivity contribution in [3.8, 4) is 11.3 Å². The molecule has 1 aromatic carbocycles. The Kier molecular flexibility index (Phi) is 6.00. The molecular weight excluding hydrogens is 378 g/mol. The number of rotatable bonds is 6. The van der Waals surface area contributed by atoms with Crippen LogP contribution in [0.25, 0.3) is 11.3 Å². The fraction of sp³-hybridized carbons (Fsp3) is 0.200. The summed E-state index contributed by atoms with van der Waals surface area (Å²) in [5, 5.41) is 16.5. The Morgan fingerprint density at radius 1 is 1.25 bits per heavy atom. The number of thiazole rings is 1. The maximum atomic E-state index is 12.3. The zero-order chi connectivity index (χ0) is 20.1. The van der Waals surface area contributed by atoms with Crippen LogP contribution < -0.4 is 10.0 Å². The first-order valence-corrected chi connectivity index (χ1v) is 9.60. The summed E-state index contributed by atoms with van der Waals surface area (Å²) in [5.41, 5.74) is 2.76. The highest BCUT2D eigenvalue weighted by atomic mass is 32.1. The monoisotopic (exact) mass is 397 g/mol. The average Bonchev–Trinajstić information content (AvgIpc) is 3.16. The predicted octanol–water partition coefficient (Wildman–Crippen LogP) is 3.19. The number of carbonyl (C=O) groups is 2. The third-order valence-corrected chi connectivity index (χ3v) is 4.84. The quantitative estimate of drug-likeness (QED) is 0.392. The number of pyridine rings is 1. The fourth-order valence-corrected chi connectivity index (χ4v) is 3.17. The molecule has 2 aromatic heterocycles. The van der Waals surface area contributed by atoms with Crippen LogP contribution >= 0.6 is 11.3 Å². The van der Waals surface area contributed by atoms with Gasteiger partial charge in [0.05, 0.1) is 5.69 Å². The van der Waals surface area contributed by atoms with Crippen molar-refractivity contribution >= 4 is 28.3 Å². The topological polar surface area (TPSA) is 95.2 Å². The van der Waals surface area contributed by atoms with Crippen LogP contribution in [-0.4, -0.2) is 23.0 Å². The molecule has 144 valence electrons. The van der Waals surface area contributed by atoms with E-state index in [0.717, 1.165) is 17.7 Å². The van der Waals surface area contributed by atoms with E-state index in [0.29, 0.717) is 9.86 Å². The number of hydrogen-bond donors (Lipinski definition) is 1. The number of benzene rings is 1. The minimum absolute atomic E-state index is 0.186. The molecular formula is C20H19N3O4S. The maximum absolute atomic E-state index is 12.3. The van der Waals surface area contributed by atoms with Gasteiger partial charge in [-0.05, 0) is 25.0 Å². The van der Waals surface area contributed by atoms with Gasteiger partial charge in [-0.3, -0.25) is 10.1 Å². The molecule has 3 rings (SSSR count). The van der Waals surface area contributed by atoms with Gasteiger partial charge in [-0.25, -0.2) is 9.78 Å². The summed E-state index contributed by atoms with van der Waals surface area (Å²) in [6.45, 7) is 3.52. The number of nitrogens with one attached hydrogen (secondary N) is 1. The van der Waals surface area contributed by atoms with Crippen molar-refractivity contribution < 1.29 is 19.1 Å². The second kappa shape index (κ2) is 8.62. The lowest BCUT2D eigenvalue weighted by molar-refractivity contribution is -0.608. The molecule has 0 aliphatic rings. The van der Waals surface area contributed by atoms with Gasteiger partial charge in [-0.15, -0.1) is 11.3 Å². The van der Waals surface area contributed by atoms with E-state index in [1.54, 1.807) is 6.07 Å². The van der Waals surface area contributed by atoms with E-state index >= 15 is 0 Å². The molecule has 0 radical (unpaired) electrons. The first kappa shape index (κ1) is 19.5. The summed E-state index contributed by atoms with van der Waals surface area (Å²) in [6.07, 6.45) is 1.07. The SMILES string of the molecule is CCc1ccc(-c2csc(NC(=O)[C@@H](C)OC(=O)c3cccc[n+]3[O-])n2)cc1. The van der Waals surface area contributed by atoms with E-state index < -0.39 is 18.0 Å². The number of carbonyl (C=O) groups excluding carboxylic acids is 2. The highest BCUT2D eigenvalue weighted by Gasteiger charge is 2.24. The van der Waals surface area contributed by atoms with Crippen LogP contribution in [-0.2, 0) is 16.0 Å². The van der Waals surface area contributed by atoms with E-state index in [-0.39, 0.29) is 5.69 Å². The molecule has 3 aromatic rings. The van der Waals surface area contributed by atoms with Gasteiger partial charge in [0.15, 0.2) is 17.4 Å². The minimum atomic E-state index is -1.08. The van der Waals surface area contributed by atoms with Crippen LogP contribution in [0.2, 0.25) is 0 Å². The molecule has 0 bridgehead atoms. The molecule has 28 heavy (non-hydrogen) atoms. The molecule has 0 aliphatic carbocycles. The van der Waals surface area contributed by atoms with Gasteiger partial charge in [0.25, 0.3) is 5.91 Å². The largest absolute Gasteiger partial charge is 0.618 e. The molecule has 0 saturated carbocycles. The van der Waals surface area contributed by atoms with Crippen molar-refractivity contribution in [3.63, 3.8) is 0 Å². The molecule has 0 unspecified atom stereocenters. The van der Waals surface area contributed by atoms with Crippen molar-refractivity contribution in [2.75, 3.05) is 5.32 Å². The van der Waals surface area contributed by atoms with Crippen molar-refractivity contribution in [3.05, 3.63) is 70.5 Å². The summed E-state index contributed by atoms with van der Waals surface area (Å²) in [5.74, 6) is -1.39. The van der Waals surface area contributed by atoms with Crippen LogP contribution in [0.1, 0.15) is 29.9 Å². The minimum Gasteiger partial charge on any atom is -0.618 e. The molecule has 0 spiro atoms. The van der Waals surface area contributed by atoms with Gasteiger partial charge in [0.2, 0.25) is 0 Å². The highest BCUT2D eigenvalue weighted by Crippen LogP contribution is 2.25. The number of aromatic nitrogens is 2. The summed E-state index contributed by atoms with van der Waals surface area (Å²) in [6, 6.07) is 12.4. The second-order valence-electron chi connectivity index (χ2n) is 6.04. The van der Waals surface area contributed by atoms with Gasteiger partial charge in [0, 0.05) is 23.1 Å². The molecule has 1 N–H and O–H groups in total. The van der Waals surface area contributed by atoms with E-state index in [2.05, 4.69) is 17.2 Å².